The van der Waals surface area contributed by atoms with Gasteiger partial charge in [0.15, 0.2) is 0 Å². The monoisotopic (exact) mass is 862 g/mol. The van der Waals surface area contributed by atoms with E-state index in [0.717, 1.165) is 27.5 Å². The topological polar surface area (TPSA) is 177 Å². The number of alkyl carbamates (subject to hydrolysis) is 2. The van der Waals surface area contributed by atoms with Gasteiger partial charge in [0, 0.05) is 38.9 Å². The number of likely N-dealkylation sites (tertiary alicyclic amines) is 1. The van der Waals surface area contributed by atoms with Crippen molar-refractivity contribution in [1.29, 1.82) is 0 Å². The van der Waals surface area contributed by atoms with Gasteiger partial charge in [-0.3, -0.25) is 30.0 Å². The quantitative estimate of drug-likeness (QED) is 0.0562. The first-order chi connectivity index (χ1) is 29.9. The molecule has 0 radical (unpaired) electrons. The van der Waals surface area contributed by atoms with Crippen molar-refractivity contribution in [3.05, 3.63) is 120 Å². The van der Waals surface area contributed by atoms with Crippen LogP contribution in [0.2, 0.25) is 0 Å². The lowest BCUT2D eigenvalue weighted by molar-refractivity contribution is -0.138. The minimum atomic E-state index is -0.964. The largest absolute Gasteiger partial charge is 0.444 e. The van der Waals surface area contributed by atoms with Crippen molar-refractivity contribution >= 4 is 46.6 Å². The van der Waals surface area contributed by atoms with E-state index in [1.165, 1.54) is 6.92 Å². The number of nitrogens with zero attached hydrogens (tertiary/aromatic N) is 2. The third-order valence-electron chi connectivity index (χ3n) is 10.0. The molecule has 4 N–H and O–H groups in total. The van der Waals surface area contributed by atoms with Gasteiger partial charge in [-0.15, -0.1) is 0 Å². The zero-order chi connectivity index (χ0) is 45.6. The number of hydrogen-bond acceptors (Lipinski definition) is 9. The summed E-state index contributed by atoms with van der Waals surface area (Å²) in [4.78, 5) is 73.0. The fourth-order valence-corrected chi connectivity index (χ4v) is 7.34. The molecule has 0 bridgehead atoms. The number of nitrogens with one attached hydrogen (secondary N) is 4. The van der Waals surface area contributed by atoms with Crippen LogP contribution in [0.1, 0.15) is 84.4 Å². The van der Waals surface area contributed by atoms with Crippen LogP contribution in [0.4, 0.5) is 9.59 Å². The molecule has 0 saturated carbocycles. The summed E-state index contributed by atoms with van der Waals surface area (Å²) >= 11 is 0. The number of aliphatic imine (C=N–C) groups is 1. The van der Waals surface area contributed by atoms with Gasteiger partial charge in [-0.1, -0.05) is 97.1 Å². The number of rotatable bonds is 15. The van der Waals surface area contributed by atoms with Crippen LogP contribution < -0.4 is 21.3 Å². The number of ether oxygens (including phenoxy) is 3. The van der Waals surface area contributed by atoms with Gasteiger partial charge in [-0.25, -0.2) is 9.59 Å². The van der Waals surface area contributed by atoms with Crippen LogP contribution in [-0.4, -0.2) is 89.3 Å². The zero-order valence-electron chi connectivity index (χ0n) is 37.4. The second-order valence-corrected chi connectivity index (χ2v) is 17.8. The van der Waals surface area contributed by atoms with Crippen molar-refractivity contribution in [2.24, 2.45) is 4.99 Å². The van der Waals surface area contributed by atoms with Crippen LogP contribution >= 0.6 is 0 Å². The van der Waals surface area contributed by atoms with Gasteiger partial charge in [0.25, 0.3) is 0 Å². The lowest BCUT2D eigenvalue weighted by Gasteiger charge is -2.30. The van der Waals surface area contributed by atoms with Crippen LogP contribution in [0.25, 0.3) is 10.8 Å². The Hall–Kier alpha value is -6.28. The molecule has 1 saturated heterocycles. The summed E-state index contributed by atoms with van der Waals surface area (Å²) in [6, 6.07) is 31.0. The van der Waals surface area contributed by atoms with E-state index in [9.17, 15) is 24.0 Å². The third kappa shape index (κ3) is 16.2. The second kappa shape index (κ2) is 22.2. The highest BCUT2D eigenvalue weighted by Gasteiger charge is 2.39. The van der Waals surface area contributed by atoms with Crippen molar-refractivity contribution in [2.75, 3.05) is 13.1 Å². The van der Waals surface area contributed by atoms with Crippen LogP contribution in [0.3, 0.4) is 0 Å². The summed E-state index contributed by atoms with van der Waals surface area (Å²) in [6.07, 6.45) is 0.0191. The predicted molar refractivity (Wildman–Crippen MR) is 243 cm³/mol. The molecule has 63 heavy (non-hydrogen) atoms. The van der Waals surface area contributed by atoms with E-state index < -0.39 is 41.4 Å². The fourth-order valence-electron chi connectivity index (χ4n) is 7.34. The van der Waals surface area contributed by atoms with E-state index >= 15 is 0 Å². The third-order valence-corrected chi connectivity index (χ3v) is 10.0. The van der Waals surface area contributed by atoms with Gasteiger partial charge in [0.1, 0.15) is 23.3 Å². The van der Waals surface area contributed by atoms with Crippen molar-refractivity contribution in [3.63, 3.8) is 0 Å². The lowest BCUT2D eigenvalue weighted by Crippen LogP contribution is -2.56. The Kier molecular flexibility index (Phi) is 16.8. The number of guanidine groups is 1. The molecule has 5 rings (SSSR count). The highest BCUT2D eigenvalue weighted by Crippen LogP contribution is 2.27. The Balaban J connectivity index is 1.37. The van der Waals surface area contributed by atoms with Crippen molar-refractivity contribution in [3.8, 4) is 0 Å². The summed E-state index contributed by atoms with van der Waals surface area (Å²) in [5, 5.41) is 13.1. The smallest absolute Gasteiger partial charge is 0.414 e. The Morgan fingerprint density at radius 2 is 1.25 bits per heavy atom. The van der Waals surface area contributed by atoms with Crippen molar-refractivity contribution in [1.82, 2.24) is 26.2 Å². The summed E-state index contributed by atoms with van der Waals surface area (Å²) in [6.45, 7) is 12.5. The molecule has 336 valence electrons. The van der Waals surface area contributed by atoms with E-state index in [-0.39, 0.29) is 55.9 Å². The minimum Gasteiger partial charge on any atom is -0.444 e. The Morgan fingerprint density at radius 3 is 1.83 bits per heavy atom. The van der Waals surface area contributed by atoms with Crippen LogP contribution in [0, 0.1) is 0 Å². The molecule has 14 nitrogen and oxygen atoms in total. The maximum atomic E-state index is 14.9. The number of carbonyl (C=O) groups excluding carboxylic acids is 5. The molecule has 4 atom stereocenters. The average Bonchev–Trinajstić information content (AvgIpc) is 3.62. The highest BCUT2D eigenvalue weighted by molar-refractivity contribution is 6.01. The molecule has 0 aliphatic carbocycles. The summed E-state index contributed by atoms with van der Waals surface area (Å²) in [5.41, 5.74) is 1.13. The van der Waals surface area contributed by atoms with Crippen molar-refractivity contribution < 1.29 is 38.2 Å². The highest BCUT2D eigenvalue weighted by atomic mass is 16.6. The molecule has 1 aliphatic rings. The van der Waals surface area contributed by atoms with Crippen LogP contribution in [0.15, 0.2) is 108 Å². The summed E-state index contributed by atoms with van der Waals surface area (Å²) < 4.78 is 17.3. The molecule has 4 aromatic rings. The molecule has 0 aromatic heterocycles. The minimum absolute atomic E-state index is 0.135. The van der Waals surface area contributed by atoms with Gasteiger partial charge in [-0.05, 0) is 94.3 Å². The van der Waals surface area contributed by atoms with E-state index in [1.54, 1.807) is 46.4 Å². The number of hydrogen-bond donors (Lipinski definition) is 4. The maximum absolute atomic E-state index is 14.9. The number of benzene rings is 4. The molecular weight excluding hydrogens is 801 g/mol. The van der Waals surface area contributed by atoms with E-state index in [1.807, 2.05) is 78.9 Å². The predicted octanol–water partition coefficient (Wildman–Crippen LogP) is 6.99. The Morgan fingerprint density at radius 1 is 0.698 bits per heavy atom. The van der Waals surface area contributed by atoms with E-state index in [4.69, 9.17) is 14.2 Å². The molecule has 0 spiro atoms. The SMILES string of the molecule is CC(=O)N[C@H](Cc1ccccc1)C(=O)N[C@H](Cc1ccccc1)C(=O)N1C[C@H](OCc2ccc3ccccc3c2)C[C@@H]1CCCN=C(NC(=O)OC(C)(C)C)NC(=O)OC(C)(C)C. The molecule has 1 aliphatic heterocycles. The van der Waals surface area contributed by atoms with E-state index in [2.05, 4.69) is 50.5 Å². The van der Waals surface area contributed by atoms with Crippen molar-refractivity contribution in [2.45, 2.75) is 123 Å². The zero-order valence-corrected chi connectivity index (χ0v) is 37.4. The molecule has 0 unspecified atom stereocenters. The number of fused-ring (bicyclic) bond motifs is 1. The van der Waals surface area contributed by atoms with E-state index in [0.29, 0.717) is 25.9 Å². The van der Waals surface area contributed by atoms with Crippen LogP contribution in [0.5, 0.6) is 0 Å². The summed E-state index contributed by atoms with van der Waals surface area (Å²) in [5.74, 6) is -1.25. The standard InChI is InChI=1S/C49H62N6O8/c1-33(56)51-41(28-34-17-10-8-11-18-34)43(57)52-42(29-35-19-12-9-13-20-35)44(58)55-31-40(61-32-36-24-25-37-21-14-15-22-38(37)27-36)30-39(55)23-16-26-50-45(53-46(59)62-48(2,3)4)54-47(60)63-49(5,6)7/h8-15,17-22,24-25,27,39-42H,16,23,26,28-32H2,1-7H3,(H,51,56)(H,52,57)(H2,50,53,54,59,60)/t39-,40+,41+,42+/m0/s1. The molecule has 1 heterocycles. The normalized spacial score (nSPS) is 16.0. The Labute approximate surface area is 370 Å². The lowest BCUT2D eigenvalue weighted by atomic mass is 10.0. The summed E-state index contributed by atoms with van der Waals surface area (Å²) in [7, 11) is 0. The Bertz CT molecular complexity index is 2170. The first-order valence-corrected chi connectivity index (χ1v) is 21.5. The van der Waals surface area contributed by atoms with Crippen LogP contribution in [-0.2, 0) is 48.0 Å². The first-order valence-electron chi connectivity index (χ1n) is 21.5. The van der Waals surface area contributed by atoms with Gasteiger partial charge in [0.05, 0.1) is 12.7 Å². The second-order valence-electron chi connectivity index (χ2n) is 17.8. The first kappa shape index (κ1) is 47.8. The van der Waals surface area contributed by atoms with Gasteiger partial charge >= 0.3 is 12.2 Å². The average molecular weight is 863 g/mol. The number of amides is 5. The molecule has 5 amide bonds. The fraction of sp³-hybridized carbons (Fsp3) is 0.429. The van der Waals surface area contributed by atoms with Gasteiger partial charge in [0.2, 0.25) is 23.7 Å². The maximum Gasteiger partial charge on any atom is 0.414 e. The van der Waals surface area contributed by atoms with Gasteiger partial charge in [-0.2, -0.15) is 0 Å². The molecule has 1 fully saturated rings. The van der Waals surface area contributed by atoms with Gasteiger partial charge < -0.3 is 29.7 Å². The molecular formula is C49H62N6O8. The number of carbonyl (C=O) groups is 5. The molecule has 14 heteroatoms. The molecule has 4 aromatic carbocycles.